The van der Waals surface area contributed by atoms with E-state index in [-0.39, 0.29) is 11.9 Å². The minimum absolute atomic E-state index is 0.0989. The quantitative estimate of drug-likeness (QED) is 0.806. The van der Waals surface area contributed by atoms with E-state index in [1.165, 1.54) is 0 Å². The van der Waals surface area contributed by atoms with Gasteiger partial charge in [-0.05, 0) is 36.8 Å². The lowest BCUT2D eigenvalue weighted by Gasteiger charge is -2.08. The highest BCUT2D eigenvalue weighted by Gasteiger charge is 2.20. The van der Waals surface area contributed by atoms with Gasteiger partial charge in [0.2, 0.25) is 0 Å². The fraction of sp³-hybridized carbons (Fsp3) is 0.278. The van der Waals surface area contributed by atoms with Crippen LogP contribution in [0.1, 0.15) is 28.4 Å². The van der Waals surface area contributed by atoms with Gasteiger partial charge in [0.1, 0.15) is 17.6 Å². The minimum atomic E-state index is 0.0989. The standard InChI is InChI=1S/C18H18O3/c1-12-9-15-10-13(7-8-18(15)21-12)16(19)11-14-5-3-4-6-17(14)20-2/h3-8,10,12H,9,11H2,1-2H3. The van der Waals surface area contributed by atoms with Crippen LogP contribution < -0.4 is 9.47 Å². The molecule has 0 saturated carbocycles. The van der Waals surface area contributed by atoms with Crippen molar-refractivity contribution in [1.29, 1.82) is 0 Å². The first-order valence-electron chi connectivity index (χ1n) is 7.12. The van der Waals surface area contributed by atoms with Gasteiger partial charge < -0.3 is 9.47 Å². The Morgan fingerprint density at radius 3 is 2.90 bits per heavy atom. The highest BCUT2D eigenvalue weighted by atomic mass is 16.5. The number of ether oxygens (including phenoxy) is 2. The Morgan fingerprint density at radius 2 is 2.10 bits per heavy atom. The summed E-state index contributed by atoms with van der Waals surface area (Å²) in [7, 11) is 1.62. The van der Waals surface area contributed by atoms with Gasteiger partial charge in [0.15, 0.2) is 5.78 Å². The summed E-state index contributed by atoms with van der Waals surface area (Å²) in [6.07, 6.45) is 1.41. The lowest BCUT2D eigenvalue weighted by atomic mass is 9.99. The van der Waals surface area contributed by atoms with Crippen LogP contribution in [0.3, 0.4) is 0 Å². The maximum Gasteiger partial charge on any atom is 0.167 e. The Labute approximate surface area is 124 Å². The molecule has 3 heteroatoms. The van der Waals surface area contributed by atoms with E-state index in [0.29, 0.717) is 6.42 Å². The summed E-state index contributed by atoms with van der Waals surface area (Å²) in [4.78, 5) is 12.5. The molecule has 1 atom stereocenters. The predicted octanol–water partition coefficient (Wildman–Crippen LogP) is 3.44. The molecule has 0 aliphatic carbocycles. The van der Waals surface area contributed by atoms with Gasteiger partial charge in [-0.15, -0.1) is 0 Å². The summed E-state index contributed by atoms with van der Waals surface area (Å²) in [6.45, 7) is 2.04. The molecule has 108 valence electrons. The van der Waals surface area contributed by atoms with Crippen molar-refractivity contribution in [3.8, 4) is 11.5 Å². The molecule has 0 radical (unpaired) electrons. The molecular formula is C18H18O3. The molecule has 1 aliphatic heterocycles. The fourth-order valence-electron chi connectivity index (χ4n) is 2.72. The van der Waals surface area contributed by atoms with E-state index >= 15 is 0 Å². The van der Waals surface area contributed by atoms with Crippen LogP contribution in [0.25, 0.3) is 0 Å². The number of carbonyl (C=O) groups excluding carboxylic acids is 1. The number of Topliss-reactive ketones (excluding diaryl/α,β-unsaturated/α-hetero) is 1. The lowest BCUT2D eigenvalue weighted by molar-refractivity contribution is 0.0992. The molecule has 0 spiro atoms. The van der Waals surface area contributed by atoms with Crippen molar-refractivity contribution in [3.63, 3.8) is 0 Å². The van der Waals surface area contributed by atoms with Gasteiger partial charge in [0.25, 0.3) is 0 Å². The van der Waals surface area contributed by atoms with Crippen LogP contribution >= 0.6 is 0 Å². The summed E-state index contributed by atoms with van der Waals surface area (Å²) in [6, 6.07) is 13.3. The second-order valence-corrected chi connectivity index (χ2v) is 5.37. The van der Waals surface area contributed by atoms with E-state index in [4.69, 9.17) is 9.47 Å². The summed E-state index contributed by atoms with van der Waals surface area (Å²) in [5.41, 5.74) is 2.76. The summed E-state index contributed by atoms with van der Waals surface area (Å²) >= 11 is 0. The second kappa shape index (κ2) is 5.60. The van der Waals surface area contributed by atoms with Crippen LogP contribution in [0.2, 0.25) is 0 Å². The molecule has 0 N–H and O–H groups in total. The fourth-order valence-corrected chi connectivity index (χ4v) is 2.72. The van der Waals surface area contributed by atoms with E-state index in [2.05, 4.69) is 0 Å². The molecule has 2 aromatic rings. The lowest BCUT2D eigenvalue weighted by Crippen LogP contribution is -2.05. The summed E-state index contributed by atoms with van der Waals surface area (Å²) < 4.78 is 11.0. The van der Waals surface area contributed by atoms with Crippen LogP contribution in [-0.4, -0.2) is 19.0 Å². The molecule has 3 rings (SSSR count). The zero-order valence-corrected chi connectivity index (χ0v) is 12.3. The molecule has 0 aromatic heterocycles. The molecule has 2 aromatic carbocycles. The van der Waals surface area contributed by atoms with Gasteiger partial charge in [-0.2, -0.15) is 0 Å². The average molecular weight is 282 g/mol. The first-order valence-corrected chi connectivity index (χ1v) is 7.12. The van der Waals surface area contributed by atoms with Crippen molar-refractivity contribution in [2.24, 2.45) is 0 Å². The highest BCUT2D eigenvalue weighted by molar-refractivity contribution is 5.98. The molecule has 21 heavy (non-hydrogen) atoms. The van der Waals surface area contributed by atoms with E-state index in [9.17, 15) is 4.79 Å². The Hall–Kier alpha value is -2.29. The Kier molecular flexibility index (Phi) is 3.65. The van der Waals surface area contributed by atoms with E-state index in [0.717, 1.165) is 34.6 Å². The van der Waals surface area contributed by atoms with E-state index in [1.807, 2.05) is 49.4 Å². The maximum atomic E-state index is 12.5. The number of para-hydroxylation sites is 1. The first kappa shape index (κ1) is 13.7. The topological polar surface area (TPSA) is 35.5 Å². The van der Waals surface area contributed by atoms with Crippen LogP contribution in [0.15, 0.2) is 42.5 Å². The van der Waals surface area contributed by atoms with Gasteiger partial charge >= 0.3 is 0 Å². The Morgan fingerprint density at radius 1 is 1.29 bits per heavy atom. The van der Waals surface area contributed by atoms with Crippen LogP contribution in [0.4, 0.5) is 0 Å². The molecular weight excluding hydrogens is 264 g/mol. The third kappa shape index (κ3) is 2.77. The minimum Gasteiger partial charge on any atom is -0.496 e. The third-order valence-electron chi connectivity index (χ3n) is 3.76. The van der Waals surface area contributed by atoms with Crippen molar-refractivity contribution >= 4 is 5.78 Å². The molecule has 0 amide bonds. The van der Waals surface area contributed by atoms with Crippen molar-refractivity contribution in [3.05, 3.63) is 59.2 Å². The van der Waals surface area contributed by atoms with Gasteiger partial charge in [-0.1, -0.05) is 18.2 Å². The number of hydrogen-bond donors (Lipinski definition) is 0. The number of rotatable bonds is 4. The Balaban J connectivity index is 1.82. The predicted molar refractivity (Wildman–Crippen MR) is 81.3 cm³/mol. The van der Waals surface area contributed by atoms with Crippen LogP contribution in [-0.2, 0) is 12.8 Å². The van der Waals surface area contributed by atoms with Gasteiger partial charge in [0.05, 0.1) is 7.11 Å². The van der Waals surface area contributed by atoms with Crippen LogP contribution in [0.5, 0.6) is 11.5 Å². The molecule has 0 bridgehead atoms. The Bertz CT molecular complexity index is 676. The van der Waals surface area contributed by atoms with Gasteiger partial charge in [0, 0.05) is 24.0 Å². The van der Waals surface area contributed by atoms with Crippen molar-refractivity contribution in [1.82, 2.24) is 0 Å². The monoisotopic (exact) mass is 282 g/mol. The molecule has 1 aliphatic rings. The molecule has 0 saturated heterocycles. The smallest absolute Gasteiger partial charge is 0.167 e. The zero-order valence-electron chi connectivity index (χ0n) is 12.3. The average Bonchev–Trinajstić information content (AvgIpc) is 2.86. The number of benzene rings is 2. The SMILES string of the molecule is COc1ccccc1CC(=O)c1ccc2c(c1)CC(C)O2. The number of fused-ring (bicyclic) bond motifs is 1. The number of methoxy groups -OCH3 is 1. The second-order valence-electron chi connectivity index (χ2n) is 5.37. The third-order valence-corrected chi connectivity index (χ3v) is 3.76. The van der Waals surface area contributed by atoms with E-state index < -0.39 is 0 Å². The van der Waals surface area contributed by atoms with E-state index in [1.54, 1.807) is 7.11 Å². The van der Waals surface area contributed by atoms with Crippen molar-refractivity contribution in [2.45, 2.75) is 25.9 Å². The van der Waals surface area contributed by atoms with Crippen LogP contribution in [0, 0.1) is 0 Å². The van der Waals surface area contributed by atoms with Crippen molar-refractivity contribution < 1.29 is 14.3 Å². The zero-order chi connectivity index (χ0) is 14.8. The van der Waals surface area contributed by atoms with Gasteiger partial charge in [-0.25, -0.2) is 0 Å². The molecule has 0 fully saturated rings. The highest BCUT2D eigenvalue weighted by Crippen LogP contribution is 2.30. The molecule has 1 heterocycles. The first-order chi connectivity index (χ1) is 10.2. The molecule has 3 nitrogen and oxygen atoms in total. The normalized spacial score (nSPS) is 16.2. The summed E-state index contributed by atoms with van der Waals surface area (Å²) in [5.74, 6) is 1.75. The largest absolute Gasteiger partial charge is 0.496 e. The molecule has 1 unspecified atom stereocenters. The summed E-state index contributed by atoms with van der Waals surface area (Å²) in [5, 5.41) is 0. The van der Waals surface area contributed by atoms with Gasteiger partial charge in [-0.3, -0.25) is 4.79 Å². The van der Waals surface area contributed by atoms with Crippen molar-refractivity contribution in [2.75, 3.05) is 7.11 Å². The number of ketones is 1. The maximum absolute atomic E-state index is 12.5. The number of carbonyl (C=O) groups is 1. The number of hydrogen-bond acceptors (Lipinski definition) is 3.